The molecule has 1 atom stereocenters. The minimum absolute atomic E-state index is 0.112. The fraction of sp³-hybridized carbons (Fsp3) is 0.375. The highest BCUT2D eigenvalue weighted by molar-refractivity contribution is 5.46. The molecule has 0 aliphatic heterocycles. The molecule has 1 unspecified atom stereocenters. The van der Waals surface area contributed by atoms with Gasteiger partial charge in [0, 0.05) is 30.8 Å². The molecule has 0 bridgehead atoms. The Morgan fingerprint density at radius 3 is 3.00 bits per heavy atom. The van der Waals surface area contributed by atoms with Crippen LogP contribution in [0.5, 0.6) is 0 Å². The summed E-state index contributed by atoms with van der Waals surface area (Å²) in [5, 5.41) is 0. The lowest BCUT2D eigenvalue weighted by Gasteiger charge is -2.16. The fourth-order valence-electron chi connectivity index (χ4n) is 1.10. The van der Waals surface area contributed by atoms with Gasteiger partial charge in [0.2, 0.25) is 0 Å². The SMILES string of the molecule is COCC(NN)c1cnccc1N. The summed E-state index contributed by atoms with van der Waals surface area (Å²) in [5.74, 6) is 5.35. The molecule has 0 saturated heterocycles. The molecule has 1 heterocycles. The summed E-state index contributed by atoms with van der Waals surface area (Å²) in [4.78, 5) is 3.97. The number of hydrogen-bond donors (Lipinski definition) is 3. The van der Waals surface area contributed by atoms with Gasteiger partial charge in [-0.3, -0.25) is 16.3 Å². The van der Waals surface area contributed by atoms with E-state index in [9.17, 15) is 0 Å². The average Bonchev–Trinajstić information content (AvgIpc) is 2.16. The molecule has 1 rings (SSSR count). The first-order chi connectivity index (χ1) is 6.29. The Hall–Kier alpha value is -1.17. The molecule has 0 aliphatic carbocycles. The van der Waals surface area contributed by atoms with E-state index >= 15 is 0 Å². The van der Waals surface area contributed by atoms with E-state index in [1.165, 1.54) is 0 Å². The summed E-state index contributed by atoms with van der Waals surface area (Å²) >= 11 is 0. The summed E-state index contributed by atoms with van der Waals surface area (Å²) in [5.41, 5.74) is 9.87. The van der Waals surface area contributed by atoms with Crippen molar-refractivity contribution in [3.63, 3.8) is 0 Å². The van der Waals surface area contributed by atoms with Crippen LogP contribution in [-0.4, -0.2) is 18.7 Å². The van der Waals surface area contributed by atoms with Crippen molar-refractivity contribution in [1.82, 2.24) is 10.4 Å². The molecule has 5 nitrogen and oxygen atoms in total. The van der Waals surface area contributed by atoms with Crippen molar-refractivity contribution in [3.05, 3.63) is 24.0 Å². The second-order valence-corrected chi connectivity index (χ2v) is 2.68. The minimum atomic E-state index is -0.112. The van der Waals surface area contributed by atoms with Crippen molar-refractivity contribution in [2.24, 2.45) is 5.84 Å². The smallest absolute Gasteiger partial charge is 0.0728 e. The lowest BCUT2D eigenvalue weighted by Crippen LogP contribution is -2.31. The second kappa shape index (κ2) is 4.76. The van der Waals surface area contributed by atoms with Crippen molar-refractivity contribution in [2.75, 3.05) is 19.5 Å². The number of anilines is 1. The maximum absolute atomic E-state index is 5.74. The molecule has 0 aromatic carbocycles. The minimum Gasteiger partial charge on any atom is -0.398 e. The molecule has 5 heteroatoms. The largest absolute Gasteiger partial charge is 0.398 e. The predicted molar refractivity (Wildman–Crippen MR) is 50.6 cm³/mol. The van der Waals surface area contributed by atoms with Gasteiger partial charge >= 0.3 is 0 Å². The normalized spacial score (nSPS) is 12.8. The number of ether oxygens (including phenoxy) is 1. The third-order valence-corrected chi connectivity index (χ3v) is 1.80. The van der Waals surface area contributed by atoms with Crippen molar-refractivity contribution < 1.29 is 4.74 Å². The summed E-state index contributed by atoms with van der Waals surface area (Å²) in [7, 11) is 1.61. The summed E-state index contributed by atoms with van der Waals surface area (Å²) < 4.78 is 4.98. The summed E-state index contributed by atoms with van der Waals surface area (Å²) in [6, 6.07) is 1.62. The van der Waals surface area contributed by atoms with E-state index in [0.29, 0.717) is 12.3 Å². The topological polar surface area (TPSA) is 86.2 Å². The standard InChI is InChI=1S/C8H14N4O/c1-13-5-8(12-10)6-4-11-3-2-7(6)9/h2-4,8,12H,5,10H2,1H3,(H2,9,11). The lowest BCUT2D eigenvalue weighted by atomic mass is 10.1. The van der Waals surface area contributed by atoms with Crippen molar-refractivity contribution in [3.8, 4) is 0 Å². The maximum atomic E-state index is 5.74. The van der Waals surface area contributed by atoms with Crippen LogP contribution in [0.3, 0.4) is 0 Å². The van der Waals surface area contributed by atoms with Crippen LogP contribution in [0.2, 0.25) is 0 Å². The van der Waals surface area contributed by atoms with Gasteiger partial charge in [-0.05, 0) is 6.07 Å². The first-order valence-electron chi connectivity index (χ1n) is 3.94. The van der Waals surface area contributed by atoms with Gasteiger partial charge in [0.15, 0.2) is 0 Å². The molecule has 0 fully saturated rings. The van der Waals surface area contributed by atoms with E-state index in [0.717, 1.165) is 5.56 Å². The Bertz CT molecular complexity index is 266. The number of rotatable bonds is 4. The number of aromatic nitrogens is 1. The third kappa shape index (κ3) is 2.38. The van der Waals surface area contributed by atoms with E-state index in [-0.39, 0.29) is 6.04 Å². The van der Waals surface area contributed by atoms with Gasteiger partial charge in [-0.15, -0.1) is 0 Å². The van der Waals surface area contributed by atoms with Gasteiger partial charge in [0.25, 0.3) is 0 Å². The number of hydrogen-bond acceptors (Lipinski definition) is 5. The number of hydrazine groups is 1. The van der Waals surface area contributed by atoms with Crippen LogP contribution in [0, 0.1) is 0 Å². The average molecular weight is 182 g/mol. The molecule has 0 saturated carbocycles. The van der Waals surface area contributed by atoms with Gasteiger partial charge in [0.05, 0.1) is 12.6 Å². The second-order valence-electron chi connectivity index (χ2n) is 2.68. The first kappa shape index (κ1) is 9.91. The molecule has 13 heavy (non-hydrogen) atoms. The highest BCUT2D eigenvalue weighted by Gasteiger charge is 2.11. The molecule has 72 valence electrons. The van der Waals surface area contributed by atoms with Gasteiger partial charge in [-0.2, -0.15) is 0 Å². The fourth-order valence-corrected chi connectivity index (χ4v) is 1.10. The third-order valence-electron chi connectivity index (χ3n) is 1.80. The Kier molecular flexibility index (Phi) is 3.63. The molecular formula is C8H14N4O. The zero-order chi connectivity index (χ0) is 9.68. The number of nitrogens with zero attached hydrogens (tertiary/aromatic N) is 1. The van der Waals surface area contributed by atoms with Crippen molar-refractivity contribution in [2.45, 2.75) is 6.04 Å². The van der Waals surface area contributed by atoms with Crippen LogP contribution in [0.15, 0.2) is 18.5 Å². The highest BCUT2D eigenvalue weighted by atomic mass is 16.5. The summed E-state index contributed by atoms with van der Waals surface area (Å²) in [6.45, 7) is 0.465. The van der Waals surface area contributed by atoms with Crippen molar-refractivity contribution in [1.29, 1.82) is 0 Å². The van der Waals surface area contributed by atoms with Gasteiger partial charge in [-0.25, -0.2) is 0 Å². The molecule has 1 aromatic rings. The Labute approximate surface area is 77.1 Å². The van der Waals surface area contributed by atoms with Crippen LogP contribution in [0.25, 0.3) is 0 Å². The maximum Gasteiger partial charge on any atom is 0.0728 e. The van der Waals surface area contributed by atoms with E-state index in [4.69, 9.17) is 16.3 Å². The molecule has 0 amide bonds. The quantitative estimate of drug-likeness (QED) is 0.444. The van der Waals surface area contributed by atoms with Crippen LogP contribution >= 0.6 is 0 Å². The number of pyridine rings is 1. The van der Waals surface area contributed by atoms with Crippen LogP contribution in [0.4, 0.5) is 5.69 Å². The Morgan fingerprint density at radius 1 is 1.69 bits per heavy atom. The van der Waals surface area contributed by atoms with E-state index in [2.05, 4.69) is 10.4 Å². The molecule has 5 N–H and O–H groups in total. The van der Waals surface area contributed by atoms with Crippen LogP contribution < -0.4 is 17.0 Å². The van der Waals surface area contributed by atoms with Crippen LogP contribution in [-0.2, 0) is 4.74 Å². The first-order valence-corrected chi connectivity index (χ1v) is 3.94. The van der Waals surface area contributed by atoms with E-state index < -0.39 is 0 Å². The molecule has 0 spiro atoms. The number of methoxy groups -OCH3 is 1. The lowest BCUT2D eigenvalue weighted by molar-refractivity contribution is 0.167. The highest BCUT2D eigenvalue weighted by Crippen LogP contribution is 2.17. The van der Waals surface area contributed by atoms with E-state index in [1.807, 2.05) is 0 Å². The predicted octanol–water partition coefficient (Wildman–Crippen LogP) is -0.185. The van der Waals surface area contributed by atoms with Gasteiger partial charge < -0.3 is 10.5 Å². The molecule has 1 aromatic heterocycles. The zero-order valence-electron chi connectivity index (χ0n) is 7.53. The van der Waals surface area contributed by atoms with Crippen molar-refractivity contribution >= 4 is 5.69 Å². The Morgan fingerprint density at radius 2 is 2.46 bits per heavy atom. The van der Waals surface area contributed by atoms with Crippen LogP contribution in [0.1, 0.15) is 11.6 Å². The zero-order valence-corrected chi connectivity index (χ0v) is 7.53. The van der Waals surface area contributed by atoms with Gasteiger partial charge in [0.1, 0.15) is 0 Å². The number of nitrogen functional groups attached to an aromatic ring is 1. The molecule has 0 aliphatic rings. The monoisotopic (exact) mass is 182 g/mol. The number of nitrogens with one attached hydrogen (secondary N) is 1. The molecule has 0 radical (unpaired) electrons. The Balaban J connectivity index is 2.84. The summed E-state index contributed by atoms with van der Waals surface area (Å²) in [6.07, 6.45) is 3.32. The van der Waals surface area contributed by atoms with Gasteiger partial charge in [-0.1, -0.05) is 0 Å². The molecular weight excluding hydrogens is 168 g/mol. The number of nitrogens with two attached hydrogens (primary N) is 2. The van der Waals surface area contributed by atoms with E-state index in [1.54, 1.807) is 25.6 Å².